The topological polar surface area (TPSA) is 62.9 Å². The van der Waals surface area contributed by atoms with Gasteiger partial charge in [-0.25, -0.2) is 0 Å². The lowest BCUT2D eigenvalue weighted by molar-refractivity contribution is -0.142. The van der Waals surface area contributed by atoms with E-state index in [2.05, 4.69) is 0 Å². The molecule has 0 spiro atoms. The van der Waals surface area contributed by atoms with Crippen LogP contribution in [-0.2, 0) is 9.53 Å². The summed E-state index contributed by atoms with van der Waals surface area (Å²) < 4.78 is 10.8. The smallest absolute Gasteiger partial charge is 0.228 e. The third kappa shape index (κ3) is 4.15. The molecule has 0 aliphatic carbocycles. The van der Waals surface area contributed by atoms with Gasteiger partial charge in [0, 0.05) is 25.6 Å². The molecule has 128 valence electrons. The maximum Gasteiger partial charge on any atom is 0.228 e. The van der Waals surface area contributed by atoms with Gasteiger partial charge in [0.15, 0.2) is 0 Å². The summed E-state index contributed by atoms with van der Waals surface area (Å²) in [6.45, 7) is 2.11. The van der Waals surface area contributed by atoms with E-state index in [1.807, 2.05) is 4.90 Å². The van der Waals surface area contributed by atoms with Crippen LogP contribution in [0.3, 0.4) is 0 Å². The van der Waals surface area contributed by atoms with Gasteiger partial charge in [-0.2, -0.15) is 0 Å². The molecule has 2 aliphatic rings. The fourth-order valence-corrected chi connectivity index (χ4v) is 3.74. The molecule has 2 aliphatic heterocycles. The number of carbonyl (C=O) groups is 1. The summed E-state index contributed by atoms with van der Waals surface area (Å²) in [5, 5.41) is 10.4. The third-order valence-electron chi connectivity index (χ3n) is 5.04. The summed E-state index contributed by atoms with van der Waals surface area (Å²) in [7, 11) is 0. The Balaban J connectivity index is 1.67. The van der Waals surface area contributed by atoms with Crippen LogP contribution >= 0.6 is 0 Å². The number of aliphatic hydroxyl groups excluding tert-OH is 1. The first-order valence-corrected chi connectivity index (χ1v) is 8.85. The number of rotatable bonds is 4. The number of furan rings is 1. The summed E-state index contributed by atoms with van der Waals surface area (Å²) in [6.07, 6.45) is 7.63. The van der Waals surface area contributed by atoms with E-state index in [9.17, 15) is 9.90 Å². The Bertz CT molecular complexity index is 481. The van der Waals surface area contributed by atoms with Crippen LogP contribution in [0.1, 0.15) is 56.8 Å². The van der Waals surface area contributed by atoms with Crippen LogP contribution in [0.2, 0.25) is 0 Å². The first-order valence-electron chi connectivity index (χ1n) is 8.85. The highest BCUT2D eigenvalue weighted by Gasteiger charge is 2.33. The fourth-order valence-electron chi connectivity index (χ4n) is 3.74. The second-order valence-corrected chi connectivity index (χ2v) is 6.72. The van der Waals surface area contributed by atoms with Gasteiger partial charge in [-0.3, -0.25) is 4.79 Å². The Morgan fingerprint density at radius 1 is 1.30 bits per heavy atom. The molecule has 3 heterocycles. The van der Waals surface area contributed by atoms with Crippen LogP contribution in [0, 0.1) is 5.92 Å². The van der Waals surface area contributed by atoms with Crippen molar-refractivity contribution in [3.63, 3.8) is 0 Å². The van der Waals surface area contributed by atoms with Gasteiger partial charge in [-0.1, -0.05) is 12.8 Å². The second kappa shape index (κ2) is 7.97. The lowest BCUT2D eigenvalue weighted by Crippen LogP contribution is -2.45. The molecule has 5 nitrogen and oxygen atoms in total. The van der Waals surface area contributed by atoms with Crippen molar-refractivity contribution in [2.75, 3.05) is 19.8 Å². The van der Waals surface area contributed by atoms with Gasteiger partial charge in [0.05, 0.1) is 18.8 Å². The average molecular weight is 321 g/mol. The number of amides is 1. The first kappa shape index (κ1) is 16.5. The Morgan fingerprint density at radius 2 is 2.22 bits per heavy atom. The van der Waals surface area contributed by atoms with Crippen LogP contribution in [0.15, 0.2) is 22.8 Å². The molecule has 3 atom stereocenters. The third-order valence-corrected chi connectivity index (χ3v) is 5.04. The van der Waals surface area contributed by atoms with E-state index < -0.39 is 6.10 Å². The van der Waals surface area contributed by atoms with Crippen molar-refractivity contribution in [3.05, 3.63) is 24.2 Å². The summed E-state index contributed by atoms with van der Waals surface area (Å²) in [6, 6.07) is 3.67. The number of nitrogens with zero attached hydrogens (tertiary/aromatic N) is 1. The lowest BCUT2D eigenvalue weighted by atomic mass is 9.97. The summed E-state index contributed by atoms with van der Waals surface area (Å²) in [5.41, 5.74) is 0. The second-order valence-electron chi connectivity index (χ2n) is 6.72. The van der Waals surface area contributed by atoms with Gasteiger partial charge in [0.1, 0.15) is 11.9 Å². The zero-order valence-electron chi connectivity index (χ0n) is 13.7. The molecule has 1 aromatic rings. The number of likely N-dealkylation sites (tertiary alicyclic amines) is 1. The Hall–Kier alpha value is -1.33. The van der Waals surface area contributed by atoms with Gasteiger partial charge >= 0.3 is 0 Å². The van der Waals surface area contributed by atoms with Crippen LogP contribution in [-0.4, -0.2) is 41.7 Å². The molecule has 1 aromatic heterocycles. The molecule has 2 fully saturated rings. The van der Waals surface area contributed by atoms with Crippen LogP contribution in [0.25, 0.3) is 0 Å². The van der Waals surface area contributed by atoms with Crippen LogP contribution < -0.4 is 0 Å². The Labute approximate surface area is 137 Å². The van der Waals surface area contributed by atoms with E-state index in [4.69, 9.17) is 9.15 Å². The molecule has 5 heteroatoms. The highest BCUT2D eigenvalue weighted by molar-refractivity contribution is 5.79. The SMILES string of the molecule is O=C(C1CCCOC1)N1CCCCCC1CC(O)c1ccco1. The molecule has 3 unspecified atom stereocenters. The van der Waals surface area contributed by atoms with E-state index >= 15 is 0 Å². The highest BCUT2D eigenvalue weighted by Crippen LogP contribution is 2.29. The summed E-state index contributed by atoms with van der Waals surface area (Å²) >= 11 is 0. The molecular weight excluding hydrogens is 294 g/mol. The number of aliphatic hydroxyl groups is 1. The van der Waals surface area contributed by atoms with Crippen molar-refractivity contribution >= 4 is 5.91 Å². The number of carbonyl (C=O) groups excluding carboxylic acids is 1. The Kier molecular flexibility index (Phi) is 5.73. The first-order chi connectivity index (χ1) is 11.3. The molecule has 23 heavy (non-hydrogen) atoms. The number of ether oxygens (including phenoxy) is 1. The summed E-state index contributed by atoms with van der Waals surface area (Å²) in [5.74, 6) is 0.788. The molecule has 0 radical (unpaired) electrons. The monoisotopic (exact) mass is 321 g/mol. The van der Waals surface area contributed by atoms with Crippen molar-refractivity contribution in [2.45, 2.75) is 57.1 Å². The lowest BCUT2D eigenvalue weighted by Gasteiger charge is -2.35. The van der Waals surface area contributed by atoms with E-state index in [1.165, 1.54) is 0 Å². The molecule has 0 bridgehead atoms. The average Bonchev–Trinajstić information content (AvgIpc) is 3.03. The molecule has 0 saturated carbocycles. The van der Waals surface area contributed by atoms with Crippen molar-refractivity contribution in [1.29, 1.82) is 0 Å². The minimum atomic E-state index is -0.647. The molecule has 1 amide bonds. The largest absolute Gasteiger partial charge is 0.467 e. The van der Waals surface area contributed by atoms with E-state index in [1.54, 1.807) is 18.4 Å². The molecule has 1 N–H and O–H groups in total. The van der Waals surface area contributed by atoms with E-state index in [-0.39, 0.29) is 17.9 Å². The van der Waals surface area contributed by atoms with Gasteiger partial charge in [0.25, 0.3) is 0 Å². The van der Waals surface area contributed by atoms with Crippen molar-refractivity contribution < 1.29 is 19.1 Å². The predicted octanol–water partition coefficient (Wildman–Crippen LogP) is 2.90. The quantitative estimate of drug-likeness (QED) is 0.926. The molecule has 2 saturated heterocycles. The number of hydrogen-bond acceptors (Lipinski definition) is 4. The minimum Gasteiger partial charge on any atom is -0.467 e. The van der Waals surface area contributed by atoms with E-state index in [0.29, 0.717) is 18.8 Å². The normalized spacial score (nSPS) is 27.4. The van der Waals surface area contributed by atoms with Crippen molar-refractivity contribution in [1.82, 2.24) is 4.90 Å². The van der Waals surface area contributed by atoms with Gasteiger partial charge < -0.3 is 19.2 Å². The van der Waals surface area contributed by atoms with Gasteiger partial charge in [-0.15, -0.1) is 0 Å². The number of hydrogen-bond donors (Lipinski definition) is 1. The highest BCUT2D eigenvalue weighted by atomic mass is 16.5. The Morgan fingerprint density at radius 3 is 2.96 bits per heavy atom. The molecular formula is C18H27NO4. The fraction of sp³-hybridized carbons (Fsp3) is 0.722. The predicted molar refractivity (Wildman–Crippen MR) is 85.8 cm³/mol. The minimum absolute atomic E-state index is 0.00916. The van der Waals surface area contributed by atoms with Crippen LogP contribution in [0.5, 0.6) is 0 Å². The maximum atomic E-state index is 12.9. The standard InChI is InChI=1S/C18H27NO4/c20-16(17-8-5-11-23-17)12-15-7-2-1-3-9-19(15)18(21)14-6-4-10-22-13-14/h5,8,11,14-16,20H,1-4,6-7,9-10,12-13H2. The maximum absolute atomic E-state index is 12.9. The zero-order valence-corrected chi connectivity index (χ0v) is 13.7. The van der Waals surface area contributed by atoms with Crippen molar-refractivity contribution in [3.8, 4) is 0 Å². The molecule has 3 rings (SSSR count). The van der Waals surface area contributed by atoms with Crippen LogP contribution in [0.4, 0.5) is 0 Å². The van der Waals surface area contributed by atoms with Gasteiger partial charge in [-0.05, 0) is 37.8 Å². The molecule has 0 aromatic carbocycles. The summed E-state index contributed by atoms with van der Waals surface area (Å²) in [4.78, 5) is 14.9. The van der Waals surface area contributed by atoms with E-state index in [0.717, 1.165) is 51.7 Å². The zero-order chi connectivity index (χ0) is 16.1. The van der Waals surface area contributed by atoms with Crippen molar-refractivity contribution in [2.24, 2.45) is 5.92 Å². The van der Waals surface area contributed by atoms with Gasteiger partial charge in [0.2, 0.25) is 5.91 Å².